The van der Waals surface area contributed by atoms with Crippen molar-refractivity contribution in [2.24, 2.45) is 0 Å². The van der Waals surface area contributed by atoms with Crippen molar-refractivity contribution in [2.45, 2.75) is 4.90 Å². The smallest absolute Gasteiger partial charge is 0.261 e. The number of sulfonamides is 1. The number of hydrogen-bond acceptors (Lipinski definition) is 4. The Balaban J connectivity index is 2.33. The maximum Gasteiger partial charge on any atom is 0.261 e. The second kappa shape index (κ2) is 4.61. The highest BCUT2D eigenvalue weighted by Crippen LogP contribution is 2.19. The lowest BCUT2D eigenvalue weighted by atomic mass is 10.3. The summed E-state index contributed by atoms with van der Waals surface area (Å²) in [7, 11) is -3.88. The Morgan fingerprint density at radius 2 is 1.83 bits per heavy atom. The van der Waals surface area contributed by atoms with Gasteiger partial charge in [0.15, 0.2) is 5.82 Å². The van der Waals surface area contributed by atoms with Gasteiger partial charge >= 0.3 is 0 Å². The molecule has 94 valence electrons. The molecule has 0 spiro atoms. The summed E-state index contributed by atoms with van der Waals surface area (Å²) in [5.41, 5.74) is -0.182. The van der Waals surface area contributed by atoms with Crippen molar-refractivity contribution in [3.63, 3.8) is 0 Å². The van der Waals surface area contributed by atoms with Crippen LogP contribution < -0.4 is 4.72 Å². The summed E-state index contributed by atoms with van der Waals surface area (Å²) in [6.07, 6.45) is 2.19. The first kappa shape index (κ1) is 12.3. The second-order valence-electron chi connectivity index (χ2n) is 3.45. The van der Waals surface area contributed by atoms with Gasteiger partial charge in [-0.15, -0.1) is 0 Å². The Morgan fingerprint density at radius 1 is 1.17 bits per heavy atom. The fourth-order valence-corrected chi connectivity index (χ4v) is 2.35. The van der Waals surface area contributed by atoms with Gasteiger partial charge in [-0.25, -0.2) is 12.8 Å². The van der Waals surface area contributed by atoms with E-state index in [-0.39, 0.29) is 16.3 Å². The number of anilines is 1. The third-order valence-corrected chi connectivity index (χ3v) is 3.55. The van der Waals surface area contributed by atoms with Crippen molar-refractivity contribution < 1.29 is 17.9 Å². The SMILES string of the molecule is O=S(=O)(Nc1ccncc1F)c1ccc(O)cc1. The number of phenolic OH excluding ortho intramolecular Hbond substituents is 1. The molecule has 5 nitrogen and oxygen atoms in total. The predicted molar refractivity (Wildman–Crippen MR) is 63.1 cm³/mol. The van der Waals surface area contributed by atoms with Gasteiger partial charge in [-0.2, -0.15) is 0 Å². The Morgan fingerprint density at radius 3 is 2.44 bits per heavy atom. The largest absolute Gasteiger partial charge is 0.508 e. The molecule has 1 aromatic heterocycles. The van der Waals surface area contributed by atoms with Crippen LogP contribution in [0.3, 0.4) is 0 Å². The molecule has 0 saturated carbocycles. The molecule has 1 aromatic carbocycles. The van der Waals surface area contributed by atoms with E-state index in [2.05, 4.69) is 9.71 Å². The van der Waals surface area contributed by atoms with E-state index in [1.807, 2.05) is 0 Å². The van der Waals surface area contributed by atoms with Crippen LogP contribution >= 0.6 is 0 Å². The first-order chi connectivity index (χ1) is 8.49. The molecule has 0 amide bonds. The van der Waals surface area contributed by atoms with Crippen molar-refractivity contribution in [3.05, 3.63) is 48.5 Å². The van der Waals surface area contributed by atoms with Gasteiger partial charge < -0.3 is 5.11 Å². The van der Waals surface area contributed by atoms with Gasteiger partial charge in [-0.05, 0) is 30.3 Å². The maximum absolute atomic E-state index is 13.3. The lowest BCUT2D eigenvalue weighted by molar-refractivity contribution is 0.475. The highest BCUT2D eigenvalue weighted by molar-refractivity contribution is 7.92. The lowest BCUT2D eigenvalue weighted by Gasteiger charge is -2.08. The van der Waals surface area contributed by atoms with Crippen molar-refractivity contribution in [3.8, 4) is 5.75 Å². The third-order valence-electron chi connectivity index (χ3n) is 2.16. The van der Waals surface area contributed by atoms with Gasteiger partial charge in [-0.1, -0.05) is 0 Å². The highest BCUT2D eigenvalue weighted by atomic mass is 32.2. The number of benzene rings is 1. The van der Waals surface area contributed by atoms with Gasteiger partial charge in [0, 0.05) is 6.20 Å². The summed E-state index contributed by atoms with van der Waals surface area (Å²) >= 11 is 0. The Labute approximate surface area is 103 Å². The van der Waals surface area contributed by atoms with Gasteiger partial charge in [0.2, 0.25) is 0 Å². The van der Waals surface area contributed by atoms with Crippen LogP contribution in [-0.2, 0) is 10.0 Å². The quantitative estimate of drug-likeness (QED) is 0.888. The fraction of sp³-hybridized carbons (Fsp3) is 0. The molecule has 0 aliphatic heterocycles. The van der Waals surface area contributed by atoms with Gasteiger partial charge in [0.1, 0.15) is 5.75 Å². The molecule has 0 fully saturated rings. The van der Waals surface area contributed by atoms with Crippen molar-refractivity contribution >= 4 is 15.7 Å². The van der Waals surface area contributed by atoms with Crippen LogP contribution in [0.1, 0.15) is 0 Å². The molecule has 18 heavy (non-hydrogen) atoms. The molecule has 1 heterocycles. The van der Waals surface area contributed by atoms with Gasteiger partial charge in [0.25, 0.3) is 10.0 Å². The van der Waals surface area contributed by atoms with Crippen LogP contribution in [-0.4, -0.2) is 18.5 Å². The van der Waals surface area contributed by atoms with Crippen LogP contribution in [0, 0.1) is 5.82 Å². The van der Waals surface area contributed by atoms with E-state index >= 15 is 0 Å². The zero-order chi connectivity index (χ0) is 13.2. The number of hydrogen-bond donors (Lipinski definition) is 2. The summed E-state index contributed by atoms with van der Waals surface area (Å²) in [5.74, 6) is -0.816. The Kier molecular flexibility index (Phi) is 3.15. The number of aromatic hydroxyl groups is 1. The van der Waals surface area contributed by atoms with Crippen LogP contribution in [0.4, 0.5) is 10.1 Å². The number of aromatic nitrogens is 1. The minimum atomic E-state index is -3.88. The second-order valence-corrected chi connectivity index (χ2v) is 5.14. The molecule has 2 aromatic rings. The molecular formula is C11H9FN2O3S. The van der Waals surface area contributed by atoms with Crippen LogP contribution in [0.5, 0.6) is 5.75 Å². The molecular weight excluding hydrogens is 259 g/mol. The van der Waals surface area contributed by atoms with E-state index in [9.17, 15) is 12.8 Å². The molecule has 7 heteroatoms. The highest BCUT2D eigenvalue weighted by Gasteiger charge is 2.15. The Bertz CT molecular complexity index is 656. The number of pyridine rings is 1. The molecule has 0 aliphatic carbocycles. The predicted octanol–water partition coefficient (Wildman–Crippen LogP) is 1.73. The number of halogens is 1. The molecule has 0 aliphatic rings. The lowest BCUT2D eigenvalue weighted by Crippen LogP contribution is -2.13. The van der Waals surface area contributed by atoms with Crippen LogP contribution in [0.25, 0.3) is 0 Å². The third kappa shape index (κ3) is 2.57. The van der Waals surface area contributed by atoms with E-state index in [4.69, 9.17) is 5.11 Å². The monoisotopic (exact) mass is 268 g/mol. The topological polar surface area (TPSA) is 79.3 Å². The molecule has 0 radical (unpaired) electrons. The van der Waals surface area contributed by atoms with Gasteiger partial charge in [0.05, 0.1) is 16.8 Å². The average Bonchev–Trinajstić information content (AvgIpc) is 2.32. The molecule has 2 N–H and O–H groups in total. The van der Waals surface area contributed by atoms with E-state index in [1.165, 1.54) is 36.5 Å². The van der Waals surface area contributed by atoms with E-state index < -0.39 is 15.8 Å². The van der Waals surface area contributed by atoms with Crippen molar-refractivity contribution in [2.75, 3.05) is 4.72 Å². The number of nitrogens with one attached hydrogen (secondary N) is 1. The van der Waals surface area contributed by atoms with E-state index in [0.717, 1.165) is 6.20 Å². The first-order valence-corrected chi connectivity index (χ1v) is 6.39. The Hall–Kier alpha value is -2.15. The zero-order valence-corrected chi connectivity index (χ0v) is 9.86. The summed E-state index contributed by atoms with van der Waals surface area (Å²) in [6.45, 7) is 0. The van der Waals surface area contributed by atoms with Crippen LogP contribution in [0.15, 0.2) is 47.6 Å². The molecule has 0 saturated heterocycles. The van der Waals surface area contributed by atoms with Gasteiger partial charge in [-0.3, -0.25) is 9.71 Å². The summed E-state index contributed by atoms with van der Waals surface area (Å²) in [5, 5.41) is 9.07. The standard InChI is InChI=1S/C11H9FN2O3S/c12-10-7-13-6-5-11(10)14-18(16,17)9-3-1-8(15)2-4-9/h1-7,15H,(H,13,14). The minimum absolute atomic E-state index is 0.0518. The summed E-state index contributed by atoms with van der Waals surface area (Å²) in [6, 6.07) is 6.12. The van der Waals surface area contributed by atoms with Crippen LogP contribution in [0.2, 0.25) is 0 Å². The van der Waals surface area contributed by atoms with E-state index in [1.54, 1.807) is 0 Å². The fourth-order valence-electron chi connectivity index (χ4n) is 1.29. The number of phenols is 1. The normalized spacial score (nSPS) is 11.2. The first-order valence-electron chi connectivity index (χ1n) is 4.90. The van der Waals surface area contributed by atoms with Crippen molar-refractivity contribution in [1.82, 2.24) is 4.98 Å². The molecule has 0 unspecified atom stereocenters. The number of nitrogens with zero attached hydrogens (tertiary/aromatic N) is 1. The summed E-state index contributed by atoms with van der Waals surface area (Å²) < 4.78 is 39.1. The summed E-state index contributed by atoms with van der Waals surface area (Å²) in [4.78, 5) is 3.44. The minimum Gasteiger partial charge on any atom is -0.508 e. The molecule has 2 rings (SSSR count). The molecule has 0 atom stereocenters. The molecule has 0 bridgehead atoms. The number of rotatable bonds is 3. The van der Waals surface area contributed by atoms with E-state index in [0.29, 0.717) is 0 Å². The van der Waals surface area contributed by atoms with Crippen molar-refractivity contribution in [1.29, 1.82) is 0 Å². The zero-order valence-electron chi connectivity index (χ0n) is 9.04. The maximum atomic E-state index is 13.3. The average molecular weight is 268 g/mol.